The molecule has 1 N–H and O–H groups in total. The van der Waals surface area contributed by atoms with E-state index in [1.807, 2.05) is 50.3 Å². The summed E-state index contributed by atoms with van der Waals surface area (Å²) in [5, 5.41) is 2.60. The lowest BCUT2D eigenvalue weighted by Gasteiger charge is -2.29. The summed E-state index contributed by atoms with van der Waals surface area (Å²) >= 11 is 0. The first kappa shape index (κ1) is 13.3. The van der Waals surface area contributed by atoms with Crippen LogP contribution < -0.4 is 5.32 Å². The van der Waals surface area contributed by atoms with Crippen LogP contribution in [-0.2, 0) is 16.1 Å². The second kappa shape index (κ2) is 5.69. The molecule has 0 unspecified atom stereocenters. The van der Waals surface area contributed by atoms with Crippen molar-refractivity contribution in [3.63, 3.8) is 0 Å². The summed E-state index contributed by atoms with van der Waals surface area (Å²) in [6, 6.07) is 9.68. The Morgan fingerprint density at radius 1 is 1.26 bits per heavy atom. The molecule has 1 aliphatic heterocycles. The van der Waals surface area contributed by atoms with Crippen molar-refractivity contribution in [1.82, 2.24) is 10.2 Å². The molecule has 1 fully saturated rings. The molecule has 2 amide bonds. The zero-order valence-corrected chi connectivity index (χ0v) is 11.2. The summed E-state index contributed by atoms with van der Waals surface area (Å²) in [6.07, 6.45) is 1.83. The van der Waals surface area contributed by atoms with Gasteiger partial charge < -0.3 is 10.2 Å². The fourth-order valence-corrected chi connectivity index (χ4v) is 2.02. The lowest BCUT2D eigenvalue weighted by Crippen LogP contribution is -2.49. The Morgan fingerprint density at radius 3 is 2.58 bits per heavy atom. The SMILES string of the molecule is CC(C)/C=C1\C(=O)NCC(=O)N1Cc1ccccc1. The first-order chi connectivity index (χ1) is 9.08. The van der Waals surface area contributed by atoms with E-state index in [2.05, 4.69) is 5.32 Å². The van der Waals surface area contributed by atoms with Crippen LogP contribution in [0, 0.1) is 5.92 Å². The molecule has 0 spiro atoms. The predicted octanol–water partition coefficient (Wildman–Crippen LogP) is 1.68. The van der Waals surface area contributed by atoms with Gasteiger partial charge in [0.25, 0.3) is 5.91 Å². The molecular formula is C15H18N2O2. The highest BCUT2D eigenvalue weighted by Gasteiger charge is 2.28. The highest BCUT2D eigenvalue weighted by Crippen LogP contribution is 2.16. The number of hydrogen-bond acceptors (Lipinski definition) is 2. The van der Waals surface area contributed by atoms with Gasteiger partial charge in [0.05, 0.1) is 13.1 Å². The Bertz CT molecular complexity index is 506. The van der Waals surface area contributed by atoms with Crippen LogP contribution >= 0.6 is 0 Å². The van der Waals surface area contributed by atoms with Gasteiger partial charge in [-0.2, -0.15) is 0 Å². The summed E-state index contributed by atoms with van der Waals surface area (Å²) in [5.41, 5.74) is 1.47. The maximum absolute atomic E-state index is 12.0. The Labute approximate surface area is 113 Å². The van der Waals surface area contributed by atoms with Crippen molar-refractivity contribution in [2.75, 3.05) is 6.54 Å². The molecule has 0 saturated carbocycles. The van der Waals surface area contributed by atoms with Crippen LogP contribution in [0.1, 0.15) is 19.4 Å². The van der Waals surface area contributed by atoms with Gasteiger partial charge in [0, 0.05) is 0 Å². The third kappa shape index (κ3) is 3.22. The molecule has 1 aromatic carbocycles. The summed E-state index contributed by atoms with van der Waals surface area (Å²) in [4.78, 5) is 25.5. The average molecular weight is 258 g/mol. The molecule has 4 heteroatoms. The zero-order valence-electron chi connectivity index (χ0n) is 11.2. The van der Waals surface area contributed by atoms with Gasteiger partial charge in [0.2, 0.25) is 5.91 Å². The minimum atomic E-state index is -0.177. The molecular weight excluding hydrogens is 240 g/mol. The molecule has 1 aromatic rings. The highest BCUT2D eigenvalue weighted by molar-refractivity contribution is 6.02. The highest BCUT2D eigenvalue weighted by atomic mass is 16.2. The molecule has 4 nitrogen and oxygen atoms in total. The Balaban J connectivity index is 2.27. The maximum Gasteiger partial charge on any atom is 0.268 e. The van der Waals surface area contributed by atoms with E-state index in [-0.39, 0.29) is 24.3 Å². The van der Waals surface area contributed by atoms with Gasteiger partial charge in [0.15, 0.2) is 0 Å². The Kier molecular flexibility index (Phi) is 4.00. The smallest absolute Gasteiger partial charge is 0.268 e. The van der Waals surface area contributed by atoms with Crippen molar-refractivity contribution < 1.29 is 9.59 Å². The monoisotopic (exact) mass is 258 g/mol. The van der Waals surface area contributed by atoms with Crippen LogP contribution in [0.15, 0.2) is 42.1 Å². The molecule has 0 aliphatic carbocycles. The first-order valence-corrected chi connectivity index (χ1v) is 6.42. The van der Waals surface area contributed by atoms with Crippen LogP contribution in [0.3, 0.4) is 0 Å². The van der Waals surface area contributed by atoms with Crippen LogP contribution in [0.25, 0.3) is 0 Å². The number of hydrogen-bond donors (Lipinski definition) is 1. The second-order valence-corrected chi connectivity index (χ2v) is 4.94. The molecule has 0 aromatic heterocycles. The molecule has 1 heterocycles. The van der Waals surface area contributed by atoms with Crippen molar-refractivity contribution in [3.05, 3.63) is 47.7 Å². The van der Waals surface area contributed by atoms with E-state index in [1.165, 1.54) is 0 Å². The number of benzene rings is 1. The predicted molar refractivity (Wildman–Crippen MR) is 72.9 cm³/mol. The number of carbonyl (C=O) groups excluding carboxylic acids is 2. The number of allylic oxidation sites excluding steroid dienone is 1. The van der Waals surface area contributed by atoms with E-state index in [0.717, 1.165) is 5.56 Å². The molecule has 0 atom stereocenters. The average Bonchev–Trinajstić information content (AvgIpc) is 2.39. The minimum Gasteiger partial charge on any atom is -0.342 e. The van der Waals surface area contributed by atoms with Gasteiger partial charge in [-0.05, 0) is 11.5 Å². The summed E-state index contributed by atoms with van der Waals surface area (Å²) in [5.74, 6) is -0.0375. The number of carbonyl (C=O) groups is 2. The lowest BCUT2D eigenvalue weighted by atomic mass is 10.1. The number of nitrogens with one attached hydrogen (secondary N) is 1. The largest absolute Gasteiger partial charge is 0.342 e. The van der Waals surface area contributed by atoms with Crippen molar-refractivity contribution in [1.29, 1.82) is 0 Å². The van der Waals surface area contributed by atoms with Crippen molar-refractivity contribution in [3.8, 4) is 0 Å². The fourth-order valence-electron chi connectivity index (χ4n) is 2.02. The van der Waals surface area contributed by atoms with Gasteiger partial charge in [-0.25, -0.2) is 0 Å². The van der Waals surface area contributed by atoms with Gasteiger partial charge in [0.1, 0.15) is 5.70 Å². The maximum atomic E-state index is 12.0. The van der Waals surface area contributed by atoms with Crippen LogP contribution in [0.4, 0.5) is 0 Å². The summed E-state index contributed by atoms with van der Waals surface area (Å²) in [7, 11) is 0. The molecule has 1 aliphatic rings. The number of piperazine rings is 1. The molecule has 0 bridgehead atoms. The molecule has 2 rings (SSSR count). The van der Waals surface area contributed by atoms with E-state index in [4.69, 9.17) is 0 Å². The fraction of sp³-hybridized carbons (Fsp3) is 0.333. The standard InChI is InChI=1S/C15H18N2O2/c1-11(2)8-13-15(19)16-9-14(18)17(13)10-12-6-4-3-5-7-12/h3-8,11H,9-10H2,1-2H3,(H,16,19)/b13-8+. The van der Waals surface area contributed by atoms with Crippen LogP contribution in [0.5, 0.6) is 0 Å². The van der Waals surface area contributed by atoms with E-state index in [9.17, 15) is 9.59 Å². The topological polar surface area (TPSA) is 49.4 Å². The minimum absolute atomic E-state index is 0.0705. The van der Waals surface area contributed by atoms with Crippen molar-refractivity contribution in [2.45, 2.75) is 20.4 Å². The number of rotatable bonds is 3. The van der Waals surface area contributed by atoms with Gasteiger partial charge in [-0.3, -0.25) is 9.59 Å². The van der Waals surface area contributed by atoms with Gasteiger partial charge >= 0.3 is 0 Å². The number of nitrogens with zero attached hydrogens (tertiary/aromatic N) is 1. The quantitative estimate of drug-likeness (QED) is 0.839. The summed E-state index contributed by atoms with van der Waals surface area (Å²) < 4.78 is 0. The molecule has 1 saturated heterocycles. The third-order valence-electron chi connectivity index (χ3n) is 2.90. The first-order valence-electron chi connectivity index (χ1n) is 6.42. The lowest BCUT2D eigenvalue weighted by molar-refractivity contribution is -0.137. The summed E-state index contributed by atoms with van der Waals surface area (Å²) in [6.45, 7) is 4.48. The zero-order chi connectivity index (χ0) is 13.8. The second-order valence-electron chi connectivity index (χ2n) is 4.94. The van der Waals surface area contributed by atoms with Crippen LogP contribution in [-0.4, -0.2) is 23.3 Å². The van der Waals surface area contributed by atoms with Crippen LogP contribution in [0.2, 0.25) is 0 Å². The molecule has 0 radical (unpaired) electrons. The normalized spacial score (nSPS) is 18.1. The Hall–Kier alpha value is -2.10. The van der Waals surface area contributed by atoms with Gasteiger partial charge in [-0.1, -0.05) is 50.3 Å². The third-order valence-corrected chi connectivity index (χ3v) is 2.90. The van der Waals surface area contributed by atoms with E-state index in [0.29, 0.717) is 12.2 Å². The van der Waals surface area contributed by atoms with E-state index < -0.39 is 0 Å². The molecule has 100 valence electrons. The van der Waals surface area contributed by atoms with Crippen molar-refractivity contribution in [2.24, 2.45) is 5.92 Å². The Morgan fingerprint density at radius 2 is 1.95 bits per heavy atom. The van der Waals surface area contributed by atoms with E-state index in [1.54, 1.807) is 4.90 Å². The number of amides is 2. The molecule has 19 heavy (non-hydrogen) atoms. The van der Waals surface area contributed by atoms with Gasteiger partial charge in [-0.15, -0.1) is 0 Å². The van der Waals surface area contributed by atoms with Crippen molar-refractivity contribution >= 4 is 11.8 Å². The van der Waals surface area contributed by atoms with E-state index >= 15 is 0 Å².